The third kappa shape index (κ3) is 7.91. The van der Waals surface area contributed by atoms with Crippen molar-refractivity contribution in [3.63, 3.8) is 0 Å². The first-order valence-corrected chi connectivity index (χ1v) is 13.6. The van der Waals surface area contributed by atoms with E-state index in [1.807, 2.05) is 66.7 Å². The summed E-state index contributed by atoms with van der Waals surface area (Å²) in [5, 5.41) is 12.2. The van der Waals surface area contributed by atoms with E-state index >= 15 is 0 Å². The van der Waals surface area contributed by atoms with Gasteiger partial charge in [0.25, 0.3) is 5.91 Å². The number of hydrogen-bond donors (Lipinski definition) is 2. The molecule has 0 bridgehead atoms. The summed E-state index contributed by atoms with van der Waals surface area (Å²) >= 11 is 1.76. The van der Waals surface area contributed by atoms with Crippen LogP contribution in [0, 0.1) is 0 Å². The summed E-state index contributed by atoms with van der Waals surface area (Å²) in [5.74, 6) is -0.0515. The fourth-order valence-corrected chi connectivity index (χ4v) is 5.10. The van der Waals surface area contributed by atoms with Gasteiger partial charge >= 0.3 is 5.97 Å². The molecular weight excluding hydrogens is 502 g/mol. The fourth-order valence-electron chi connectivity index (χ4n) is 4.16. The summed E-state index contributed by atoms with van der Waals surface area (Å²) < 4.78 is 17.7. The summed E-state index contributed by atoms with van der Waals surface area (Å²) in [6, 6.07) is 25.8. The molecule has 3 aromatic rings. The summed E-state index contributed by atoms with van der Waals surface area (Å²) in [7, 11) is 0. The largest absolute Gasteiger partial charge is 0.453 e. The van der Waals surface area contributed by atoms with E-state index in [-0.39, 0.29) is 24.7 Å². The first kappa shape index (κ1) is 27.9. The predicted octanol–water partition coefficient (Wildman–Crippen LogP) is 5.08. The molecule has 4 rings (SSSR count). The van der Waals surface area contributed by atoms with E-state index in [0.29, 0.717) is 6.54 Å². The zero-order chi connectivity index (χ0) is 26.9. The maximum atomic E-state index is 12.1. The number of thioether (sulfide) groups is 1. The van der Waals surface area contributed by atoms with Gasteiger partial charge in [-0.2, -0.15) is 0 Å². The van der Waals surface area contributed by atoms with Gasteiger partial charge in [-0.25, -0.2) is 0 Å². The predicted molar refractivity (Wildman–Crippen MR) is 145 cm³/mol. The monoisotopic (exact) mass is 535 g/mol. The summed E-state index contributed by atoms with van der Waals surface area (Å²) in [6.45, 7) is 3.13. The molecule has 8 heteroatoms. The van der Waals surface area contributed by atoms with E-state index in [2.05, 4.69) is 17.4 Å². The summed E-state index contributed by atoms with van der Waals surface area (Å²) in [6.07, 6.45) is -0.836. The Hall–Kier alpha value is -3.17. The van der Waals surface area contributed by atoms with Crippen molar-refractivity contribution >= 4 is 23.6 Å². The molecule has 1 amide bonds. The SMILES string of the molecule is CC(=O)O[C@@H](C)C(=O)NCc1ccc([C@@H]2O[C@H](CSc3ccccc3)C[C@H](c3ccc(CO)cc3)O2)cc1. The summed E-state index contributed by atoms with van der Waals surface area (Å²) in [4.78, 5) is 24.4. The van der Waals surface area contributed by atoms with Crippen molar-refractivity contribution in [3.8, 4) is 0 Å². The molecule has 1 fully saturated rings. The number of rotatable bonds is 10. The molecule has 7 nitrogen and oxygen atoms in total. The van der Waals surface area contributed by atoms with E-state index in [4.69, 9.17) is 14.2 Å². The van der Waals surface area contributed by atoms with Crippen molar-refractivity contribution in [2.24, 2.45) is 0 Å². The number of ether oxygens (including phenoxy) is 3. The Kier molecular flexibility index (Phi) is 9.95. The van der Waals surface area contributed by atoms with Crippen LogP contribution in [0.3, 0.4) is 0 Å². The van der Waals surface area contributed by atoms with Gasteiger partial charge in [0.1, 0.15) is 0 Å². The van der Waals surface area contributed by atoms with Crippen LogP contribution < -0.4 is 5.32 Å². The summed E-state index contributed by atoms with van der Waals surface area (Å²) in [5.41, 5.74) is 3.70. The first-order valence-electron chi connectivity index (χ1n) is 12.6. The fraction of sp³-hybridized carbons (Fsp3) is 0.333. The van der Waals surface area contributed by atoms with Gasteiger partial charge in [0.2, 0.25) is 0 Å². The van der Waals surface area contributed by atoms with Crippen LogP contribution in [0.25, 0.3) is 0 Å². The molecular formula is C30H33NO6S. The van der Waals surface area contributed by atoms with Gasteiger partial charge in [-0.3, -0.25) is 9.59 Å². The number of amides is 1. The lowest BCUT2D eigenvalue weighted by atomic mass is 10.0. The van der Waals surface area contributed by atoms with E-state index in [1.165, 1.54) is 18.7 Å². The molecule has 0 saturated carbocycles. The molecule has 0 unspecified atom stereocenters. The smallest absolute Gasteiger partial charge is 0.303 e. The van der Waals surface area contributed by atoms with E-state index in [9.17, 15) is 14.7 Å². The lowest BCUT2D eigenvalue weighted by molar-refractivity contribution is -0.245. The van der Waals surface area contributed by atoms with E-state index in [0.717, 1.165) is 34.4 Å². The Morgan fingerprint density at radius 3 is 2.29 bits per heavy atom. The number of aliphatic hydroxyl groups excluding tert-OH is 1. The molecule has 0 aromatic heterocycles. The zero-order valence-electron chi connectivity index (χ0n) is 21.5. The van der Waals surface area contributed by atoms with E-state index in [1.54, 1.807) is 11.8 Å². The lowest BCUT2D eigenvalue weighted by Crippen LogP contribution is -2.35. The average molecular weight is 536 g/mol. The second-order valence-corrected chi connectivity index (χ2v) is 10.3. The number of carbonyl (C=O) groups excluding carboxylic acids is 2. The average Bonchev–Trinajstić information content (AvgIpc) is 2.95. The van der Waals surface area contributed by atoms with Crippen LogP contribution in [-0.2, 0) is 37.0 Å². The van der Waals surface area contributed by atoms with Crippen LogP contribution in [0.4, 0.5) is 0 Å². The number of nitrogens with one attached hydrogen (secondary N) is 1. The van der Waals surface area contributed by atoms with Crippen LogP contribution in [0.1, 0.15) is 54.9 Å². The van der Waals surface area contributed by atoms with Crippen molar-refractivity contribution in [1.82, 2.24) is 5.32 Å². The topological polar surface area (TPSA) is 94.1 Å². The molecule has 200 valence electrons. The van der Waals surface area contributed by atoms with Crippen molar-refractivity contribution in [3.05, 3.63) is 101 Å². The highest BCUT2D eigenvalue weighted by Gasteiger charge is 2.32. The van der Waals surface area contributed by atoms with Gasteiger partial charge in [0.15, 0.2) is 12.4 Å². The molecule has 0 spiro atoms. The number of aliphatic hydroxyl groups is 1. The Morgan fingerprint density at radius 2 is 1.63 bits per heavy atom. The van der Waals surface area contributed by atoms with Gasteiger partial charge in [-0.15, -0.1) is 11.8 Å². The number of carbonyl (C=O) groups is 2. The quantitative estimate of drug-likeness (QED) is 0.276. The highest BCUT2D eigenvalue weighted by molar-refractivity contribution is 7.99. The Morgan fingerprint density at radius 1 is 0.974 bits per heavy atom. The maximum Gasteiger partial charge on any atom is 0.303 e. The molecule has 1 saturated heterocycles. The maximum absolute atomic E-state index is 12.1. The number of esters is 1. The lowest BCUT2D eigenvalue weighted by Gasteiger charge is -2.36. The molecule has 4 atom stereocenters. The third-order valence-electron chi connectivity index (χ3n) is 6.22. The normalized spacial score (nSPS) is 19.9. The molecule has 0 radical (unpaired) electrons. The number of benzene rings is 3. The second-order valence-electron chi connectivity index (χ2n) is 9.19. The second kappa shape index (κ2) is 13.6. The minimum atomic E-state index is -0.843. The van der Waals surface area contributed by atoms with Crippen LogP contribution in [0.5, 0.6) is 0 Å². The van der Waals surface area contributed by atoms with Gasteiger partial charge in [0.05, 0.1) is 18.8 Å². The van der Waals surface area contributed by atoms with E-state index < -0.39 is 18.4 Å². The van der Waals surface area contributed by atoms with Crippen LogP contribution in [-0.4, -0.2) is 34.9 Å². The third-order valence-corrected chi connectivity index (χ3v) is 7.37. The zero-order valence-corrected chi connectivity index (χ0v) is 22.4. The molecule has 2 N–H and O–H groups in total. The van der Waals surface area contributed by atoms with Crippen LogP contribution in [0.15, 0.2) is 83.8 Å². The first-order chi connectivity index (χ1) is 18.4. The molecule has 1 aliphatic heterocycles. The minimum Gasteiger partial charge on any atom is -0.453 e. The van der Waals surface area contributed by atoms with Crippen molar-refractivity contribution in [2.45, 2.75) is 62.9 Å². The highest BCUT2D eigenvalue weighted by atomic mass is 32.2. The van der Waals surface area contributed by atoms with Crippen molar-refractivity contribution in [1.29, 1.82) is 0 Å². The molecule has 38 heavy (non-hydrogen) atoms. The van der Waals surface area contributed by atoms with Gasteiger partial charge in [0, 0.05) is 36.1 Å². The molecule has 3 aromatic carbocycles. The minimum absolute atomic E-state index is 0.00332. The van der Waals surface area contributed by atoms with Gasteiger partial charge in [-0.1, -0.05) is 66.7 Å². The van der Waals surface area contributed by atoms with Crippen LogP contribution >= 0.6 is 11.8 Å². The van der Waals surface area contributed by atoms with Crippen molar-refractivity contribution in [2.75, 3.05) is 5.75 Å². The highest BCUT2D eigenvalue weighted by Crippen LogP contribution is 2.39. The Labute approximate surface area is 227 Å². The molecule has 1 aliphatic rings. The molecule has 1 heterocycles. The standard InChI is InChI=1S/C30H33NO6S/c1-20(35-21(2)33)29(34)31-17-22-8-14-25(15-9-22)30-36-26(19-38-27-6-4-3-5-7-27)16-28(37-30)24-12-10-23(18-32)11-13-24/h3-15,20,26,28,30,32H,16-19H2,1-2H3,(H,31,34)/t20-,26-,28+,30+/m0/s1. The van der Waals surface area contributed by atoms with Gasteiger partial charge in [-0.05, 0) is 35.7 Å². The number of hydrogen-bond acceptors (Lipinski definition) is 7. The Balaban J connectivity index is 1.43. The molecule has 0 aliphatic carbocycles. The van der Waals surface area contributed by atoms with Crippen LogP contribution in [0.2, 0.25) is 0 Å². The Bertz CT molecular complexity index is 1190. The van der Waals surface area contributed by atoms with Gasteiger partial charge < -0.3 is 24.6 Å². The van der Waals surface area contributed by atoms with Crippen molar-refractivity contribution < 1.29 is 28.9 Å².